The summed E-state index contributed by atoms with van der Waals surface area (Å²) >= 11 is 7.41. The van der Waals surface area contributed by atoms with Gasteiger partial charge in [-0.25, -0.2) is 4.79 Å². The number of carboxylic acids is 1. The van der Waals surface area contributed by atoms with Crippen LogP contribution in [-0.4, -0.2) is 17.0 Å². The van der Waals surface area contributed by atoms with Crippen LogP contribution in [0.25, 0.3) is 6.08 Å². The number of para-hydroxylation sites is 1. The van der Waals surface area contributed by atoms with E-state index in [-0.39, 0.29) is 16.3 Å². The summed E-state index contributed by atoms with van der Waals surface area (Å²) in [4.78, 5) is 23.8. The molecule has 0 aliphatic carbocycles. The van der Waals surface area contributed by atoms with Gasteiger partial charge in [0.1, 0.15) is 0 Å². The highest BCUT2D eigenvalue weighted by molar-refractivity contribution is 7.10. The van der Waals surface area contributed by atoms with Gasteiger partial charge in [-0.15, -0.1) is 11.3 Å². The first kappa shape index (κ1) is 14.3. The maximum absolute atomic E-state index is 11.8. The van der Waals surface area contributed by atoms with Crippen LogP contribution in [0.3, 0.4) is 0 Å². The summed E-state index contributed by atoms with van der Waals surface area (Å²) in [5.41, 5.74) is 0.0536. The molecule has 1 aromatic heterocycles. The van der Waals surface area contributed by atoms with Crippen molar-refractivity contribution in [2.24, 2.45) is 0 Å². The summed E-state index contributed by atoms with van der Waals surface area (Å²) < 4.78 is 0. The summed E-state index contributed by atoms with van der Waals surface area (Å²) in [5, 5.41) is 13.6. The van der Waals surface area contributed by atoms with Crippen molar-refractivity contribution >= 4 is 46.6 Å². The van der Waals surface area contributed by atoms with Gasteiger partial charge in [-0.1, -0.05) is 23.7 Å². The molecular weight excluding hydrogens is 298 g/mol. The zero-order chi connectivity index (χ0) is 14.5. The number of rotatable bonds is 4. The Morgan fingerprint density at radius 3 is 2.70 bits per heavy atom. The zero-order valence-electron chi connectivity index (χ0n) is 10.2. The fourth-order valence-electron chi connectivity index (χ4n) is 1.54. The van der Waals surface area contributed by atoms with E-state index in [0.717, 1.165) is 4.88 Å². The fourth-order valence-corrected chi connectivity index (χ4v) is 2.38. The van der Waals surface area contributed by atoms with Gasteiger partial charge in [-0.05, 0) is 29.7 Å². The number of benzene rings is 1. The number of halogens is 1. The minimum Gasteiger partial charge on any atom is -0.478 e. The minimum atomic E-state index is -1.15. The average Bonchev–Trinajstić information content (AvgIpc) is 2.91. The Morgan fingerprint density at radius 2 is 2.05 bits per heavy atom. The number of carboxylic acid groups (broad SMARTS) is 1. The molecule has 102 valence electrons. The van der Waals surface area contributed by atoms with E-state index in [4.69, 9.17) is 16.7 Å². The molecule has 1 aromatic carbocycles. The molecule has 0 saturated heterocycles. The van der Waals surface area contributed by atoms with Crippen molar-refractivity contribution in [1.29, 1.82) is 0 Å². The van der Waals surface area contributed by atoms with E-state index in [9.17, 15) is 9.59 Å². The van der Waals surface area contributed by atoms with Gasteiger partial charge >= 0.3 is 5.97 Å². The number of anilines is 1. The standard InChI is InChI=1S/C14H10ClNO3S/c15-11-5-1-4-10(14(18)19)13(11)16-12(17)7-6-9-3-2-8-20-9/h1-8H,(H,16,17)(H,18,19)/b7-6+. The molecule has 4 nitrogen and oxygen atoms in total. The fraction of sp³-hybridized carbons (Fsp3) is 0. The van der Waals surface area contributed by atoms with Gasteiger partial charge in [0.05, 0.1) is 16.3 Å². The van der Waals surface area contributed by atoms with E-state index in [1.165, 1.54) is 35.6 Å². The van der Waals surface area contributed by atoms with Crippen LogP contribution in [-0.2, 0) is 4.79 Å². The minimum absolute atomic E-state index is 0.0460. The molecule has 0 spiro atoms. The highest BCUT2D eigenvalue weighted by Gasteiger charge is 2.14. The monoisotopic (exact) mass is 307 g/mol. The van der Waals surface area contributed by atoms with Crippen molar-refractivity contribution in [3.8, 4) is 0 Å². The van der Waals surface area contributed by atoms with Crippen LogP contribution in [0.2, 0.25) is 5.02 Å². The Hall–Kier alpha value is -2.11. The van der Waals surface area contributed by atoms with Gasteiger partial charge in [0.2, 0.25) is 5.91 Å². The molecule has 1 amide bonds. The van der Waals surface area contributed by atoms with Crippen molar-refractivity contribution in [3.05, 3.63) is 57.3 Å². The van der Waals surface area contributed by atoms with Crippen molar-refractivity contribution in [1.82, 2.24) is 0 Å². The predicted octanol–water partition coefficient (Wildman–Crippen LogP) is 3.75. The summed E-state index contributed by atoms with van der Waals surface area (Å²) in [5.74, 6) is -1.58. The van der Waals surface area contributed by atoms with E-state index < -0.39 is 11.9 Å². The van der Waals surface area contributed by atoms with Crippen LogP contribution in [0.4, 0.5) is 5.69 Å². The zero-order valence-corrected chi connectivity index (χ0v) is 11.7. The van der Waals surface area contributed by atoms with Crippen LogP contribution in [0, 0.1) is 0 Å². The van der Waals surface area contributed by atoms with E-state index >= 15 is 0 Å². The van der Waals surface area contributed by atoms with Crippen molar-refractivity contribution in [2.45, 2.75) is 0 Å². The average molecular weight is 308 g/mol. The predicted molar refractivity (Wildman–Crippen MR) is 80.4 cm³/mol. The lowest BCUT2D eigenvalue weighted by Crippen LogP contribution is -2.12. The van der Waals surface area contributed by atoms with Gasteiger partial charge in [-0.2, -0.15) is 0 Å². The molecule has 0 fully saturated rings. The Labute approximate surface area is 124 Å². The molecule has 2 N–H and O–H groups in total. The first-order valence-corrected chi connectivity index (χ1v) is 6.88. The SMILES string of the molecule is O=C(/C=C/c1cccs1)Nc1c(Cl)cccc1C(=O)O. The number of carbonyl (C=O) groups excluding carboxylic acids is 1. The maximum atomic E-state index is 11.8. The number of thiophene rings is 1. The number of carbonyl (C=O) groups is 2. The molecule has 0 aliphatic rings. The van der Waals surface area contributed by atoms with E-state index in [1.54, 1.807) is 6.08 Å². The van der Waals surface area contributed by atoms with E-state index in [1.807, 2.05) is 17.5 Å². The smallest absolute Gasteiger partial charge is 0.337 e. The lowest BCUT2D eigenvalue weighted by molar-refractivity contribution is -0.111. The first-order chi connectivity index (χ1) is 9.58. The number of nitrogens with one attached hydrogen (secondary N) is 1. The third-order valence-electron chi connectivity index (χ3n) is 2.43. The number of aromatic carboxylic acids is 1. The summed E-state index contributed by atoms with van der Waals surface area (Å²) in [7, 11) is 0. The van der Waals surface area contributed by atoms with Gasteiger partial charge in [-0.3, -0.25) is 4.79 Å². The Kier molecular flexibility index (Phi) is 4.55. The molecule has 2 rings (SSSR count). The largest absolute Gasteiger partial charge is 0.478 e. The molecule has 1 heterocycles. The second-order valence-corrected chi connectivity index (χ2v) is 5.19. The van der Waals surface area contributed by atoms with Crippen LogP contribution < -0.4 is 5.32 Å². The highest BCUT2D eigenvalue weighted by Crippen LogP contribution is 2.26. The normalized spacial score (nSPS) is 10.7. The molecule has 0 radical (unpaired) electrons. The second-order valence-electron chi connectivity index (χ2n) is 3.81. The molecule has 0 unspecified atom stereocenters. The van der Waals surface area contributed by atoms with Crippen molar-refractivity contribution in [3.63, 3.8) is 0 Å². The molecule has 0 saturated carbocycles. The number of hydrogen-bond donors (Lipinski definition) is 2. The molecule has 0 aliphatic heterocycles. The van der Waals surface area contributed by atoms with Crippen LogP contribution in [0.5, 0.6) is 0 Å². The molecule has 2 aromatic rings. The Balaban J connectivity index is 2.18. The first-order valence-electron chi connectivity index (χ1n) is 5.62. The van der Waals surface area contributed by atoms with Crippen LogP contribution in [0.15, 0.2) is 41.8 Å². The van der Waals surface area contributed by atoms with E-state index in [2.05, 4.69) is 5.32 Å². The van der Waals surface area contributed by atoms with Gasteiger partial charge in [0.25, 0.3) is 0 Å². The number of amides is 1. The summed E-state index contributed by atoms with van der Waals surface area (Å²) in [6, 6.07) is 8.16. The molecule has 0 atom stereocenters. The Bertz CT molecular complexity index is 665. The van der Waals surface area contributed by atoms with Crippen molar-refractivity contribution in [2.75, 3.05) is 5.32 Å². The lowest BCUT2D eigenvalue weighted by atomic mass is 10.2. The molecular formula is C14H10ClNO3S. The highest BCUT2D eigenvalue weighted by atomic mass is 35.5. The summed E-state index contributed by atoms with van der Waals surface area (Å²) in [6.45, 7) is 0. The van der Waals surface area contributed by atoms with Gasteiger partial charge < -0.3 is 10.4 Å². The Morgan fingerprint density at radius 1 is 1.25 bits per heavy atom. The molecule has 20 heavy (non-hydrogen) atoms. The van der Waals surface area contributed by atoms with Crippen LogP contribution in [0.1, 0.15) is 15.2 Å². The topological polar surface area (TPSA) is 66.4 Å². The lowest BCUT2D eigenvalue weighted by Gasteiger charge is -2.08. The molecule has 6 heteroatoms. The van der Waals surface area contributed by atoms with E-state index in [0.29, 0.717) is 0 Å². The van der Waals surface area contributed by atoms with Gasteiger partial charge in [0.15, 0.2) is 0 Å². The third-order valence-corrected chi connectivity index (χ3v) is 3.59. The van der Waals surface area contributed by atoms with Crippen LogP contribution >= 0.6 is 22.9 Å². The maximum Gasteiger partial charge on any atom is 0.337 e. The summed E-state index contributed by atoms with van der Waals surface area (Å²) in [6.07, 6.45) is 2.98. The second kappa shape index (κ2) is 6.36. The number of hydrogen-bond acceptors (Lipinski definition) is 3. The third kappa shape index (κ3) is 3.46. The quantitative estimate of drug-likeness (QED) is 0.845. The van der Waals surface area contributed by atoms with Crippen molar-refractivity contribution < 1.29 is 14.7 Å². The molecule has 0 bridgehead atoms. The van der Waals surface area contributed by atoms with Gasteiger partial charge in [0, 0.05) is 11.0 Å².